The number of rotatable bonds is 4. The summed E-state index contributed by atoms with van der Waals surface area (Å²) < 4.78 is 11.6. The van der Waals surface area contributed by atoms with Crippen molar-refractivity contribution >= 4 is 17.7 Å². The summed E-state index contributed by atoms with van der Waals surface area (Å²) >= 11 is 0. The molecule has 4 fully saturated rings. The van der Waals surface area contributed by atoms with Crippen LogP contribution < -0.4 is 4.74 Å². The van der Waals surface area contributed by atoms with Gasteiger partial charge >= 0.3 is 0 Å². The average Bonchev–Trinajstić information content (AvgIpc) is 3.41. The summed E-state index contributed by atoms with van der Waals surface area (Å²) in [5.41, 5.74) is -0.384. The third kappa shape index (κ3) is 3.74. The van der Waals surface area contributed by atoms with E-state index in [4.69, 9.17) is 9.47 Å². The van der Waals surface area contributed by atoms with Crippen LogP contribution in [0.15, 0.2) is 24.3 Å². The summed E-state index contributed by atoms with van der Waals surface area (Å²) in [4.78, 5) is 45.1. The van der Waals surface area contributed by atoms with Gasteiger partial charge in [-0.1, -0.05) is 6.07 Å². The zero-order valence-corrected chi connectivity index (χ0v) is 18.6. The molecular formula is C24H31N3O5. The van der Waals surface area contributed by atoms with E-state index in [0.29, 0.717) is 37.2 Å². The Hall–Kier alpha value is -2.61. The Morgan fingerprint density at radius 3 is 2.34 bits per heavy atom. The summed E-state index contributed by atoms with van der Waals surface area (Å²) in [6.45, 7) is 2.74. The number of nitrogens with zero attached hydrogens (tertiary/aromatic N) is 3. The second-order valence-corrected chi connectivity index (χ2v) is 9.31. The van der Waals surface area contributed by atoms with Crippen molar-refractivity contribution in [2.45, 2.75) is 50.3 Å². The van der Waals surface area contributed by atoms with Crippen molar-refractivity contribution in [2.75, 3.05) is 39.9 Å². The van der Waals surface area contributed by atoms with E-state index in [9.17, 15) is 14.4 Å². The topological polar surface area (TPSA) is 79.4 Å². The first-order valence-electron chi connectivity index (χ1n) is 11.7. The predicted molar refractivity (Wildman–Crippen MR) is 116 cm³/mol. The number of piperidine rings is 1. The molecule has 4 aliphatic rings. The number of amides is 3. The number of benzene rings is 1. The van der Waals surface area contributed by atoms with Crippen molar-refractivity contribution in [3.05, 3.63) is 29.8 Å². The molecule has 8 heteroatoms. The molecule has 0 aromatic heterocycles. The highest BCUT2D eigenvalue weighted by Gasteiger charge is 2.55. The molecule has 1 unspecified atom stereocenters. The summed E-state index contributed by atoms with van der Waals surface area (Å²) in [5, 5.41) is 0. The van der Waals surface area contributed by atoms with E-state index in [-0.39, 0.29) is 30.2 Å². The van der Waals surface area contributed by atoms with E-state index >= 15 is 0 Å². The normalized spacial score (nSPS) is 24.8. The van der Waals surface area contributed by atoms with E-state index in [1.807, 2.05) is 9.80 Å². The summed E-state index contributed by atoms with van der Waals surface area (Å²) in [6.07, 6.45) is 4.97. The van der Waals surface area contributed by atoms with Gasteiger partial charge in [0.15, 0.2) is 0 Å². The quantitative estimate of drug-likeness (QED) is 0.713. The Morgan fingerprint density at radius 1 is 1.00 bits per heavy atom. The van der Waals surface area contributed by atoms with Crippen LogP contribution >= 0.6 is 0 Å². The highest BCUT2D eigenvalue weighted by atomic mass is 16.5. The van der Waals surface area contributed by atoms with Gasteiger partial charge in [0.05, 0.1) is 13.7 Å². The van der Waals surface area contributed by atoms with Crippen LogP contribution in [-0.2, 0) is 14.3 Å². The highest BCUT2D eigenvalue weighted by Crippen LogP contribution is 2.41. The number of likely N-dealkylation sites (tertiary alicyclic amines) is 2. The average molecular weight is 442 g/mol. The minimum absolute atomic E-state index is 0.0351. The SMILES string of the molecule is COc1cccc(C(=O)N2C(C(=O)N3CCCC3)COC23CCN(C(=O)C2CC2)CC3)c1. The van der Waals surface area contributed by atoms with Crippen molar-refractivity contribution in [3.63, 3.8) is 0 Å². The minimum atomic E-state index is -0.861. The maximum atomic E-state index is 13.8. The van der Waals surface area contributed by atoms with Crippen LogP contribution in [0, 0.1) is 5.92 Å². The maximum absolute atomic E-state index is 13.8. The van der Waals surface area contributed by atoms with Crippen LogP contribution in [0.1, 0.15) is 48.9 Å². The van der Waals surface area contributed by atoms with Gasteiger partial charge in [0.2, 0.25) is 11.8 Å². The van der Waals surface area contributed by atoms with Gasteiger partial charge in [0.25, 0.3) is 5.91 Å². The van der Waals surface area contributed by atoms with Crippen molar-refractivity contribution in [3.8, 4) is 5.75 Å². The van der Waals surface area contributed by atoms with Crippen molar-refractivity contribution in [1.82, 2.24) is 14.7 Å². The zero-order chi connectivity index (χ0) is 22.3. The van der Waals surface area contributed by atoms with E-state index in [2.05, 4.69) is 0 Å². The second-order valence-electron chi connectivity index (χ2n) is 9.31. The molecule has 5 rings (SSSR count). The fourth-order valence-corrected chi connectivity index (χ4v) is 5.26. The summed E-state index contributed by atoms with van der Waals surface area (Å²) in [5.74, 6) is 0.728. The second kappa shape index (κ2) is 8.39. The molecule has 1 saturated carbocycles. The zero-order valence-electron chi connectivity index (χ0n) is 18.6. The lowest BCUT2D eigenvalue weighted by Crippen LogP contribution is -2.60. The lowest BCUT2D eigenvalue weighted by Gasteiger charge is -2.45. The Balaban J connectivity index is 1.42. The monoisotopic (exact) mass is 441 g/mol. The summed E-state index contributed by atoms with van der Waals surface area (Å²) in [7, 11) is 1.57. The number of carbonyl (C=O) groups is 3. The molecule has 3 heterocycles. The van der Waals surface area contributed by atoms with Crippen LogP contribution in [0.5, 0.6) is 5.75 Å². The van der Waals surface area contributed by atoms with Crippen molar-refractivity contribution in [1.29, 1.82) is 0 Å². The predicted octanol–water partition coefficient (Wildman–Crippen LogP) is 1.89. The molecule has 3 aliphatic heterocycles. The molecule has 3 amide bonds. The van der Waals surface area contributed by atoms with E-state index in [1.54, 1.807) is 36.3 Å². The largest absolute Gasteiger partial charge is 0.497 e. The van der Waals surface area contributed by atoms with E-state index < -0.39 is 11.8 Å². The molecule has 0 N–H and O–H groups in total. The molecule has 1 aromatic rings. The van der Waals surface area contributed by atoms with Gasteiger partial charge in [-0.25, -0.2) is 0 Å². The summed E-state index contributed by atoms with van der Waals surface area (Å²) in [6, 6.07) is 6.39. The Bertz CT molecular complexity index is 901. The Kier molecular flexibility index (Phi) is 5.57. The maximum Gasteiger partial charge on any atom is 0.257 e. The molecule has 1 spiro atoms. The molecule has 1 atom stereocenters. The van der Waals surface area contributed by atoms with Gasteiger partial charge in [-0.15, -0.1) is 0 Å². The van der Waals surface area contributed by atoms with Gasteiger partial charge in [0, 0.05) is 50.5 Å². The molecule has 8 nitrogen and oxygen atoms in total. The molecule has 172 valence electrons. The molecule has 32 heavy (non-hydrogen) atoms. The fourth-order valence-electron chi connectivity index (χ4n) is 5.26. The minimum Gasteiger partial charge on any atom is -0.497 e. The van der Waals surface area contributed by atoms with Crippen LogP contribution in [-0.4, -0.2) is 84.1 Å². The molecule has 1 aromatic carbocycles. The number of methoxy groups -OCH3 is 1. The fraction of sp³-hybridized carbons (Fsp3) is 0.625. The molecular weight excluding hydrogens is 410 g/mol. The number of carbonyl (C=O) groups excluding carboxylic acids is 3. The van der Waals surface area contributed by atoms with Gasteiger partial charge in [0.1, 0.15) is 17.5 Å². The third-order valence-electron chi connectivity index (χ3n) is 7.28. The van der Waals surface area contributed by atoms with Gasteiger partial charge in [-0.3, -0.25) is 19.3 Å². The van der Waals surface area contributed by atoms with Crippen LogP contribution in [0.25, 0.3) is 0 Å². The van der Waals surface area contributed by atoms with E-state index in [1.165, 1.54) is 0 Å². The molecule has 0 radical (unpaired) electrons. The highest BCUT2D eigenvalue weighted by molar-refractivity contribution is 5.99. The van der Waals surface area contributed by atoms with Crippen molar-refractivity contribution in [2.24, 2.45) is 5.92 Å². The first kappa shape index (κ1) is 21.2. The molecule has 1 aliphatic carbocycles. The van der Waals surface area contributed by atoms with Crippen LogP contribution in [0.4, 0.5) is 0 Å². The lowest BCUT2D eigenvalue weighted by molar-refractivity contribution is -0.146. The van der Waals surface area contributed by atoms with E-state index in [0.717, 1.165) is 38.8 Å². The van der Waals surface area contributed by atoms with Gasteiger partial charge in [-0.05, 0) is 43.9 Å². The van der Waals surface area contributed by atoms with Crippen LogP contribution in [0.3, 0.4) is 0 Å². The lowest BCUT2D eigenvalue weighted by atomic mass is 9.96. The number of ether oxygens (including phenoxy) is 2. The number of hydrogen-bond acceptors (Lipinski definition) is 5. The first-order chi connectivity index (χ1) is 15.5. The standard InChI is InChI=1S/C24H31N3O5/c1-31-19-6-4-5-18(15-19)22(29)27-20(23(30)25-11-2-3-12-25)16-32-24(27)9-13-26(14-10-24)21(28)17-7-8-17/h4-6,15,17,20H,2-3,7-14,16H2,1H3. The van der Waals surface area contributed by atoms with Crippen LogP contribution in [0.2, 0.25) is 0 Å². The smallest absolute Gasteiger partial charge is 0.257 e. The van der Waals surface area contributed by atoms with Crippen molar-refractivity contribution < 1.29 is 23.9 Å². The third-order valence-corrected chi connectivity index (χ3v) is 7.28. The van der Waals surface area contributed by atoms with Gasteiger partial charge < -0.3 is 19.3 Å². The molecule has 0 bridgehead atoms. The first-order valence-corrected chi connectivity index (χ1v) is 11.7. The molecule has 3 saturated heterocycles. The number of hydrogen-bond donors (Lipinski definition) is 0. The Labute approximate surface area is 188 Å². The van der Waals surface area contributed by atoms with Gasteiger partial charge in [-0.2, -0.15) is 0 Å². The Morgan fingerprint density at radius 2 is 1.69 bits per heavy atom.